The molecular formula is C12H21NO2S. The second-order valence-electron chi connectivity index (χ2n) is 4.59. The van der Waals surface area contributed by atoms with E-state index in [4.69, 9.17) is 6.42 Å². The Kier molecular flexibility index (Phi) is 5.30. The van der Waals surface area contributed by atoms with Crippen LogP contribution in [0.3, 0.4) is 0 Å². The highest BCUT2D eigenvalue weighted by Gasteiger charge is 2.29. The lowest BCUT2D eigenvalue weighted by molar-refractivity contribution is 0.401. The van der Waals surface area contributed by atoms with Crippen LogP contribution in [0, 0.1) is 18.3 Å². The molecule has 92 valence electrons. The average Bonchev–Trinajstić information content (AvgIpc) is 2.57. The van der Waals surface area contributed by atoms with Gasteiger partial charge in [-0.3, -0.25) is 0 Å². The fraction of sp³-hybridized carbons (Fsp3) is 0.833. The molecule has 0 radical (unpaired) electrons. The zero-order valence-corrected chi connectivity index (χ0v) is 10.7. The molecule has 1 rings (SSSR count). The largest absolute Gasteiger partial charge is 0.317 e. The molecule has 0 saturated carbocycles. The van der Waals surface area contributed by atoms with Crippen LogP contribution in [0.15, 0.2) is 0 Å². The van der Waals surface area contributed by atoms with Crippen LogP contribution in [0.4, 0.5) is 0 Å². The Morgan fingerprint density at radius 3 is 2.81 bits per heavy atom. The molecule has 0 aromatic heterocycles. The first-order chi connectivity index (χ1) is 7.57. The first-order valence-electron chi connectivity index (χ1n) is 5.88. The standard InChI is InChI=1S/C12H21NO2S/c1-3-4-5-6-12(13-2)9-11-7-8-16(14,15)10-11/h1,11-13H,4-10H2,2H3. The van der Waals surface area contributed by atoms with Crippen LogP contribution in [0.5, 0.6) is 0 Å². The summed E-state index contributed by atoms with van der Waals surface area (Å²) in [5, 5.41) is 3.25. The van der Waals surface area contributed by atoms with Gasteiger partial charge in [0.1, 0.15) is 0 Å². The smallest absolute Gasteiger partial charge is 0.150 e. The summed E-state index contributed by atoms with van der Waals surface area (Å²) in [5.74, 6) is 3.72. The van der Waals surface area contributed by atoms with Gasteiger partial charge in [0.25, 0.3) is 0 Å². The minimum Gasteiger partial charge on any atom is -0.317 e. The Labute approximate surface area is 98.9 Å². The predicted molar refractivity (Wildman–Crippen MR) is 66.9 cm³/mol. The number of nitrogens with one attached hydrogen (secondary N) is 1. The summed E-state index contributed by atoms with van der Waals surface area (Å²) < 4.78 is 22.6. The first-order valence-corrected chi connectivity index (χ1v) is 7.70. The lowest BCUT2D eigenvalue weighted by Crippen LogP contribution is -2.28. The molecule has 0 bridgehead atoms. The molecule has 16 heavy (non-hydrogen) atoms. The van der Waals surface area contributed by atoms with Gasteiger partial charge in [-0.2, -0.15) is 0 Å². The Bertz CT molecular complexity index is 343. The van der Waals surface area contributed by atoms with E-state index < -0.39 is 9.84 Å². The molecule has 0 amide bonds. The normalized spacial score (nSPS) is 25.1. The van der Waals surface area contributed by atoms with Crippen molar-refractivity contribution >= 4 is 9.84 Å². The van der Waals surface area contributed by atoms with Gasteiger partial charge in [0.05, 0.1) is 11.5 Å². The number of unbranched alkanes of at least 4 members (excludes halogenated alkanes) is 1. The Hall–Kier alpha value is -0.530. The van der Waals surface area contributed by atoms with E-state index in [9.17, 15) is 8.42 Å². The van der Waals surface area contributed by atoms with Crippen LogP contribution >= 0.6 is 0 Å². The maximum Gasteiger partial charge on any atom is 0.150 e. The van der Waals surface area contributed by atoms with Crippen molar-refractivity contribution in [3.05, 3.63) is 0 Å². The summed E-state index contributed by atoms with van der Waals surface area (Å²) in [6, 6.07) is 0.409. The number of terminal acetylenes is 1. The highest BCUT2D eigenvalue weighted by atomic mass is 32.2. The van der Waals surface area contributed by atoms with Crippen LogP contribution in [-0.2, 0) is 9.84 Å². The summed E-state index contributed by atoms with van der Waals surface area (Å²) in [4.78, 5) is 0. The third-order valence-electron chi connectivity index (χ3n) is 3.23. The maximum atomic E-state index is 11.3. The highest BCUT2D eigenvalue weighted by molar-refractivity contribution is 7.91. The summed E-state index contributed by atoms with van der Waals surface area (Å²) in [7, 11) is -0.800. The SMILES string of the molecule is C#CCCCC(CC1CCS(=O)(=O)C1)NC. The van der Waals surface area contributed by atoms with E-state index in [-0.39, 0.29) is 0 Å². The van der Waals surface area contributed by atoms with Gasteiger partial charge in [-0.25, -0.2) is 8.42 Å². The van der Waals surface area contributed by atoms with Gasteiger partial charge < -0.3 is 5.32 Å². The number of rotatable bonds is 6. The predicted octanol–water partition coefficient (Wildman–Crippen LogP) is 1.20. The second kappa shape index (κ2) is 6.27. The fourth-order valence-corrected chi connectivity index (χ4v) is 4.17. The summed E-state index contributed by atoms with van der Waals surface area (Å²) >= 11 is 0. The zero-order chi connectivity index (χ0) is 12.0. The molecule has 0 aliphatic carbocycles. The van der Waals surface area contributed by atoms with Gasteiger partial charge in [0.2, 0.25) is 0 Å². The minimum absolute atomic E-state index is 0.341. The van der Waals surface area contributed by atoms with Crippen LogP contribution in [-0.4, -0.2) is 33.0 Å². The molecule has 0 spiro atoms. The fourth-order valence-electron chi connectivity index (χ4n) is 2.29. The minimum atomic E-state index is -2.73. The number of sulfone groups is 1. The topological polar surface area (TPSA) is 46.2 Å². The molecule has 2 unspecified atom stereocenters. The van der Waals surface area contributed by atoms with Crippen LogP contribution in [0.1, 0.15) is 32.1 Å². The van der Waals surface area contributed by atoms with Crippen molar-refractivity contribution in [2.24, 2.45) is 5.92 Å². The maximum absolute atomic E-state index is 11.3. The number of hydrogen-bond acceptors (Lipinski definition) is 3. The van der Waals surface area contributed by atoms with Crippen molar-refractivity contribution in [1.82, 2.24) is 5.32 Å². The van der Waals surface area contributed by atoms with Crippen molar-refractivity contribution in [2.45, 2.75) is 38.1 Å². The van der Waals surface area contributed by atoms with Gasteiger partial charge in [0.15, 0.2) is 9.84 Å². The third kappa shape index (κ3) is 4.54. The van der Waals surface area contributed by atoms with E-state index in [2.05, 4.69) is 11.2 Å². The van der Waals surface area contributed by atoms with Crippen LogP contribution in [0.25, 0.3) is 0 Å². The lowest BCUT2D eigenvalue weighted by atomic mass is 9.96. The first kappa shape index (κ1) is 13.5. The molecule has 0 aromatic carbocycles. The Morgan fingerprint density at radius 1 is 1.56 bits per heavy atom. The van der Waals surface area contributed by atoms with E-state index in [0.29, 0.717) is 23.5 Å². The van der Waals surface area contributed by atoms with Crippen molar-refractivity contribution < 1.29 is 8.42 Å². The molecule has 2 atom stereocenters. The zero-order valence-electron chi connectivity index (χ0n) is 9.91. The Balaban J connectivity index is 2.31. The lowest BCUT2D eigenvalue weighted by Gasteiger charge is -2.18. The molecule has 1 fully saturated rings. The second-order valence-corrected chi connectivity index (χ2v) is 6.82. The molecule has 1 N–H and O–H groups in total. The summed E-state index contributed by atoms with van der Waals surface area (Å²) in [5.41, 5.74) is 0. The van der Waals surface area contributed by atoms with E-state index >= 15 is 0 Å². The third-order valence-corrected chi connectivity index (χ3v) is 5.06. The van der Waals surface area contributed by atoms with Gasteiger partial charge >= 0.3 is 0 Å². The molecule has 1 saturated heterocycles. The Morgan fingerprint density at radius 2 is 2.31 bits per heavy atom. The number of hydrogen-bond donors (Lipinski definition) is 1. The molecule has 4 heteroatoms. The van der Waals surface area contributed by atoms with E-state index in [1.807, 2.05) is 7.05 Å². The van der Waals surface area contributed by atoms with Gasteiger partial charge in [-0.15, -0.1) is 12.3 Å². The van der Waals surface area contributed by atoms with E-state index in [1.165, 1.54) is 0 Å². The van der Waals surface area contributed by atoms with E-state index in [1.54, 1.807) is 0 Å². The van der Waals surface area contributed by atoms with Crippen molar-refractivity contribution in [2.75, 3.05) is 18.6 Å². The summed E-state index contributed by atoms with van der Waals surface area (Å²) in [6.45, 7) is 0. The van der Waals surface area contributed by atoms with Gasteiger partial charge in [0, 0.05) is 12.5 Å². The molecule has 1 heterocycles. The average molecular weight is 243 g/mol. The van der Waals surface area contributed by atoms with Crippen molar-refractivity contribution in [3.8, 4) is 12.3 Å². The molecule has 1 aliphatic rings. The highest BCUT2D eigenvalue weighted by Crippen LogP contribution is 2.24. The van der Waals surface area contributed by atoms with E-state index in [0.717, 1.165) is 32.1 Å². The molecular weight excluding hydrogens is 222 g/mol. The van der Waals surface area contributed by atoms with Gasteiger partial charge in [-0.05, 0) is 38.6 Å². The quantitative estimate of drug-likeness (QED) is 0.563. The monoisotopic (exact) mass is 243 g/mol. The summed E-state index contributed by atoms with van der Waals surface area (Å²) in [6.07, 6.45) is 9.85. The van der Waals surface area contributed by atoms with Crippen LogP contribution in [0.2, 0.25) is 0 Å². The molecule has 0 aromatic rings. The van der Waals surface area contributed by atoms with Crippen LogP contribution < -0.4 is 5.32 Å². The van der Waals surface area contributed by atoms with Crippen molar-refractivity contribution in [3.63, 3.8) is 0 Å². The molecule has 3 nitrogen and oxygen atoms in total. The molecule has 1 aliphatic heterocycles. The van der Waals surface area contributed by atoms with Crippen molar-refractivity contribution in [1.29, 1.82) is 0 Å². The van der Waals surface area contributed by atoms with Gasteiger partial charge in [-0.1, -0.05) is 0 Å².